The van der Waals surface area contributed by atoms with Crippen molar-refractivity contribution in [2.75, 3.05) is 4.90 Å². The average molecular weight is 635 g/mol. The number of nitrogens with zero attached hydrogens (tertiary/aromatic N) is 2. The third-order valence-electron chi connectivity index (χ3n) is 9.10. The SMILES string of the molecule is c1ccc(-c2nc3cc4c(cc3o2)oc2cccc(-c3ccc(N(c5ccccc5)c5ccc6sc7ccccc7c6c5)cc3)c24)cc1. The summed E-state index contributed by atoms with van der Waals surface area (Å²) in [4.78, 5) is 7.16. The number of rotatable bonds is 5. The predicted octanol–water partition coefficient (Wildman–Crippen LogP) is 12.9. The monoisotopic (exact) mass is 634 g/mol. The van der Waals surface area contributed by atoms with Gasteiger partial charge in [-0.15, -0.1) is 11.3 Å². The number of hydrogen-bond acceptors (Lipinski definition) is 5. The van der Waals surface area contributed by atoms with E-state index in [0.29, 0.717) is 11.5 Å². The fourth-order valence-corrected chi connectivity index (χ4v) is 7.95. The van der Waals surface area contributed by atoms with E-state index in [1.54, 1.807) is 0 Å². The average Bonchev–Trinajstić information content (AvgIpc) is 3.84. The van der Waals surface area contributed by atoms with Crippen molar-refractivity contribution in [2.24, 2.45) is 0 Å². The Morgan fingerprint density at radius 1 is 0.458 bits per heavy atom. The van der Waals surface area contributed by atoms with Gasteiger partial charge >= 0.3 is 0 Å². The first kappa shape index (κ1) is 27.0. The molecule has 0 amide bonds. The molecule has 0 saturated heterocycles. The summed E-state index contributed by atoms with van der Waals surface area (Å²) in [5.74, 6) is 0.604. The van der Waals surface area contributed by atoms with E-state index in [9.17, 15) is 0 Å². The summed E-state index contributed by atoms with van der Waals surface area (Å²) < 4.78 is 15.1. The van der Waals surface area contributed by atoms with Gasteiger partial charge in [0.05, 0.1) is 0 Å². The smallest absolute Gasteiger partial charge is 0.227 e. The number of furan rings is 1. The van der Waals surface area contributed by atoms with E-state index in [0.717, 1.165) is 61.2 Å². The van der Waals surface area contributed by atoms with Crippen molar-refractivity contribution >= 4 is 81.6 Å². The molecule has 0 aliphatic carbocycles. The van der Waals surface area contributed by atoms with E-state index < -0.39 is 0 Å². The number of benzene rings is 7. The Labute approximate surface area is 279 Å². The van der Waals surface area contributed by atoms with Gasteiger partial charge in [-0.1, -0.05) is 78.9 Å². The quantitative estimate of drug-likeness (QED) is 0.189. The van der Waals surface area contributed by atoms with Crippen LogP contribution in [0.4, 0.5) is 17.1 Å². The number of hydrogen-bond donors (Lipinski definition) is 0. The third kappa shape index (κ3) is 4.33. The number of oxazole rings is 1. The van der Waals surface area contributed by atoms with Crippen LogP contribution in [0.5, 0.6) is 0 Å². The Hall–Kier alpha value is -6.17. The Morgan fingerprint density at radius 2 is 1.19 bits per heavy atom. The number of thiophene rings is 1. The predicted molar refractivity (Wildman–Crippen MR) is 200 cm³/mol. The molecule has 0 atom stereocenters. The van der Waals surface area contributed by atoms with Crippen molar-refractivity contribution in [3.05, 3.63) is 158 Å². The minimum atomic E-state index is 0.604. The minimum Gasteiger partial charge on any atom is -0.456 e. The highest BCUT2D eigenvalue weighted by atomic mass is 32.1. The van der Waals surface area contributed by atoms with E-state index in [4.69, 9.17) is 13.8 Å². The summed E-state index contributed by atoms with van der Waals surface area (Å²) in [6, 6.07) is 55.1. The second kappa shape index (κ2) is 10.7. The number of fused-ring (bicyclic) bond motifs is 7. The van der Waals surface area contributed by atoms with Crippen LogP contribution in [-0.2, 0) is 0 Å². The van der Waals surface area contributed by atoms with Crippen LogP contribution in [0.25, 0.3) is 75.8 Å². The molecule has 0 unspecified atom stereocenters. The van der Waals surface area contributed by atoms with Crippen molar-refractivity contribution in [2.45, 2.75) is 0 Å². The normalized spacial score (nSPS) is 11.8. The van der Waals surface area contributed by atoms with Crippen LogP contribution in [-0.4, -0.2) is 4.98 Å². The minimum absolute atomic E-state index is 0.604. The number of aromatic nitrogens is 1. The number of anilines is 3. The first-order chi connectivity index (χ1) is 23.8. The van der Waals surface area contributed by atoms with Crippen LogP contribution in [0, 0.1) is 0 Å². The molecule has 5 heteroatoms. The summed E-state index contributed by atoms with van der Waals surface area (Å²) in [5.41, 5.74) is 9.64. The van der Waals surface area contributed by atoms with Crippen LogP contribution >= 0.6 is 11.3 Å². The lowest BCUT2D eigenvalue weighted by molar-refractivity contribution is 0.617. The van der Waals surface area contributed by atoms with Crippen LogP contribution in [0.15, 0.2) is 167 Å². The van der Waals surface area contributed by atoms with E-state index in [-0.39, 0.29) is 0 Å². The second-order valence-electron chi connectivity index (χ2n) is 12.0. The molecular weight excluding hydrogens is 609 g/mol. The van der Waals surface area contributed by atoms with Gasteiger partial charge in [0.2, 0.25) is 5.89 Å². The van der Waals surface area contributed by atoms with Crippen LogP contribution < -0.4 is 4.90 Å². The maximum atomic E-state index is 6.38. The highest BCUT2D eigenvalue weighted by Crippen LogP contribution is 2.43. The molecule has 0 spiro atoms. The van der Waals surface area contributed by atoms with Gasteiger partial charge in [-0.25, -0.2) is 4.98 Å². The molecule has 10 rings (SSSR count). The van der Waals surface area contributed by atoms with E-state index in [1.165, 1.54) is 20.2 Å². The molecule has 0 radical (unpaired) electrons. The first-order valence-electron chi connectivity index (χ1n) is 15.9. The van der Waals surface area contributed by atoms with Gasteiger partial charge in [-0.05, 0) is 83.9 Å². The zero-order chi connectivity index (χ0) is 31.6. The summed E-state index contributed by atoms with van der Waals surface area (Å²) >= 11 is 1.84. The van der Waals surface area contributed by atoms with Gasteiger partial charge in [-0.3, -0.25) is 0 Å². The molecule has 10 aromatic rings. The lowest BCUT2D eigenvalue weighted by atomic mass is 9.99. The van der Waals surface area contributed by atoms with Gasteiger partial charge in [0, 0.05) is 59.6 Å². The highest BCUT2D eigenvalue weighted by molar-refractivity contribution is 7.25. The van der Waals surface area contributed by atoms with Gasteiger partial charge < -0.3 is 13.7 Å². The summed E-state index contributed by atoms with van der Waals surface area (Å²) in [6.07, 6.45) is 0. The lowest BCUT2D eigenvalue weighted by Crippen LogP contribution is -2.09. The molecule has 0 bridgehead atoms. The molecular formula is C43H26N2O2S. The van der Waals surface area contributed by atoms with Crippen molar-refractivity contribution in [1.82, 2.24) is 4.98 Å². The zero-order valence-electron chi connectivity index (χ0n) is 25.6. The van der Waals surface area contributed by atoms with E-state index in [1.807, 2.05) is 53.8 Å². The maximum Gasteiger partial charge on any atom is 0.227 e. The molecule has 3 heterocycles. The van der Waals surface area contributed by atoms with E-state index >= 15 is 0 Å². The Kier molecular flexibility index (Phi) is 6.01. The molecule has 226 valence electrons. The fourth-order valence-electron chi connectivity index (χ4n) is 6.86. The van der Waals surface area contributed by atoms with Crippen molar-refractivity contribution < 1.29 is 8.83 Å². The first-order valence-corrected chi connectivity index (χ1v) is 16.8. The standard InChI is InChI=1S/C43H26N2O2S/c1-3-10-28(11-4-1)43-44-36-25-35-38(26-39(36)47-43)46-37-16-9-15-32(42(35)37)27-18-20-30(21-19-27)45(29-12-5-2-6-13-29)31-22-23-41-34(24-31)33-14-7-8-17-40(33)48-41/h1-26H. The summed E-state index contributed by atoms with van der Waals surface area (Å²) in [6.45, 7) is 0. The molecule has 7 aromatic carbocycles. The molecule has 0 N–H and O–H groups in total. The van der Waals surface area contributed by atoms with Gasteiger partial charge in [0.25, 0.3) is 0 Å². The van der Waals surface area contributed by atoms with Crippen molar-refractivity contribution in [3.63, 3.8) is 0 Å². The van der Waals surface area contributed by atoms with Gasteiger partial charge in [-0.2, -0.15) is 0 Å². The maximum absolute atomic E-state index is 6.38. The summed E-state index contributed by atoms with van der Waals surface area (Å²) in [5, 5.41) is 4.66. The summed E-state index contributed by atoms with van der Waals surface area (Å²) in [7, 11) is 0. The van der Waals surface area contributed by atoms with E-state index in [2.05, 4.69) is 120 Å². The largest absolute Gasteiger partial charge is 0.456 e. The van der Waals surface area contributed by atoms with Crippen LogP contribution in [0.2, 0.25) is 0 Å². The fraction of sp³-hybridized carbons (Fsp3) is 0. The Bertz CT molecular complexity index is 2780. The molecule has 0 aliphatic heterocycles. The Balaban J connectivity index is 1.08. The molecule has 0 saturated carbocycles. The van der Waals surface area contributed by atoms with Gasteiger partial charge in [0.15, 0.2) is 5.58 Å². The number of para-hydroxylation sites is 1. The van der Waals surface area contributed by atoms with Crippen molar-refractivity contribution in [1.29, 1.82) is 0 Å². The molecule has 3 aromatic heterocycles. The molecule has 0 fully saturated rings. The van der Waals surface area contributed by atoms with Crippen molar-refractivity contribution in [3.8, 4) is 22.6 Å². The van der Waals surface area contributed by atoms with Gasteiger partial charge in [0.1, 0.15) is 16.7 Å². The zero-order valence-corrected chi connectivity index (χ0v) is 26.4. The van der Waals surface area contributed by atoms with Crippen LogP contribution in [0.3, 0.4) is 0 Å². The Morgan fingerprint density at radius 3 is 2.04 bits per heavy atom. The second-order valence-corrected chi connectivity index (χ2v) is 13.1. The molecule has 48 heavy (non-hydrogen) atoms. The third-order valence-corrected chi connectivity index (χ3v) is 10.2. The molecule has 4 nitrogen and oxygen atoms in total. The lowest BCUT2D eigenvalue weighted by Gasteiger charge is -2.26. The topological polar surface area (TPSA) is 42.4 Å². The van der Waals surface area contributed by atoms with Crippen LogP contribution in [0.1, 0.15) is 0 Å². The molecule has 0 aliphatic rings. The highest BCUT2D eigenvalue weighted by Gasteiger charge is 2.18.